The lowest BCUT2D eigenvalue weighted by atomic mass is 9.90. The van der Waals surface area contributed by atoms with E-state index in [1.165, 1.54) is 16.7 Å². The molecule has 1 atom stereocenters. The van der Waals surface area contributed by atoms with Crippen LogP contribution in [0.25, 0.3) is 0 Å². The van der Waals surface area contributed by atoms with Crippen molar-refractivity contribution < 1.29 is 0 Å². The minimum absolute atomic E-state index is 0.171. The molecule has 0 saturated heterocycles. The smallest absolute Gasteiger partial charge is 0.0321 e. The molecular formula is C13H21N. The van der Waals surface area contributed by atoms with Gasteiger partial charge in [0.15, 0.2) is 0 Å². The molecule has 0 radical (unpaired) electrons. The van der Waals surface area contributed by atoms with Gasteiger partial charge >= 0.3 is 0 Å². The number of hydrogen-bond donors (Lipinski definition) is 1. The minimum atomic E-state index is 0.171. The van der Waals surface area contributed by atoms with Crippen LogP contribution in [0.2, 0.25) is 0 Å². The van der Waals surface area contributed by atoms with Crippen molar-refractivity contribution in [3.8, 4) is 0 Å². The first-order valence-electron chi connectivity index (χ1n) is 5.41. The molecule has 2 N–H and O–H groups in total. The van der Waals surface area contributed by atoms with Crippen LogP contribution in [0, 0.1) is 12.8 Å². The highest BCUT2D eigenvalue weighted by Crippen LogP contribution is 2.25. The van der Waals surface area contributed by atoms with E-state index in [1.54, 1.807) is 0 Å². The van der Waals surface area contributed by atoms with Gasteiger partial charge in [0.2, 0.25) is 0 Å². The van der Waals surface area contributed by atoms with Crippen molar-refractivity contribution in [1.29, 1.82) is 0 Å². The van der Waals surface area contributed by atoms with E-state index in [-0.39, 0.29) is 6.04 Å². The van der Waals surface area contributed by atoms with Crippen molar-refractivity contribution >= 4 is 0 Å². The molecule has 0 aromatic heterocycles. The Balaban J connectivity index is 3.13. The van der Waals surface area contributed by atoms with Crippen LogP contribution in [0.3, 0.4) is 0 Å². The molecule has 0 aliphatic heterocycles. The Morgan fingerprint density at radius 3 is 2.43 bits per heavy atom. The van der Waals surface area contributed by atoms with Crippen LogP contribution in [0.1, 0.15) is 43.5 Å². The normalized spacial score (nSPS) is 13.3. The molecule has 1 aromatic carbocycles. The fourth-order valence-corrected chi connectivity index (χ4v) is 1.88. The quantitative estimate of drug-likeness (QED) is 0.780. The van der Waals surface area contributed by atoms with E-state index in [2.05, 4.69) is 45.9 Å². The first-order chi connectivity index (χ1) is 6.57. The van der Waals surface area contributed by atoms with Crippen molar-refractivity contribution in [1.82, 2.24) is 0 Å². The standard InChI is InChI=1S/C13H21N/c1-5-11-10(4)7-6-8-12(11)13(14)9(2)3/h6-9,13H,5,14H2,1-4H3/t13-/m0/s1. The highest BCUT2D eigenvalue weighted by atomic mass is 14.6. The van der Waals surface area contributed by atoms with Crippen molar-refractivity contribution in [3.05, 3.63) is 34.9 Å². The fourth-order valence-electron chi connectivity index (χ4n) is 1.88. The summed E-state index contributed by atoms with van der Waals surface area (Å²) in [5.41, 5.74) is 10.3. The second-order valence-corrected chi connectivity index (χ2v) is 4.27. The van der Waals surface area contributed by atoms with Crippen molar-refractivity contribution in [2.75, 3.05) is 0 Å². The fraction of sp³-hybridized carbons (Fsp3) is 0.538. The third kappa shape index (κ3) is 2.16. The maximum absolute atomic E-state index is 6.18. The molecule has 1 aromatic rings. The first-order valence-corrected chi connectivity index (χ1v) is 5.41. The number of aryl methyl sites for hydroxylation is 1. The Morgan fingerprint density at radius 2 is 1.93 bits per heavy atom. The van der Waals surface area contributed by atoms with E-state index in [4.69, 9.17) is 5.73 Å². The van der Waals surface area contributed by atoms with Crippen LogP contribution in [0.15, 0.2) is 18.2 Å². The first kappa shape index (κ1) is 11.3. The molecule has 1 heteroatoms. The predicted octanol–water partition coefficient (Wildman–Crippen LogP) is 3.21. The summed E-state index contributed by atoms with van der Waals surface area (Å²) in [6, 6.07) is 6.60. The Kier molecular flexibility index (Phi) is 3.70. The van der Waals surface area contributed by atoms with E-state index in [1.807, 2.05) is 0 Å². The van der Waals surface area contributed by atoms with Crippen LogP contribution in [-0.2, 0) is 6.42 Å². The minimum Gasteiger partial charge on any atom is -0.324 e. The van der Waals surface area contributed by atoms with Crippen molar-refractivity contribution in [3.63, 3.8) is 0 Å². The molecule has 1 nitrogen and oxygen atoms in total. The summed E-state index contributed by atoms with van der Waals surface area (Å²) in [6.07, 6.45) is 1.07. The van der Waals surface area contributed by atoms with Crippen LogP contribution >= 0.6 is 0 Å². The molecule has 0 aliphatic carbocycles. The second kappa shape index (κ2) is 4.61. The molecule has 0 unspecified atom stereocenters. The number of rotatable bonds is 3. The number of hydrogen-bond acceptors (Lipinski definition) is 1. The van der Waals surface area contributed by atoms with Gasteiger partial charge in [-0.3, -0.25) is 0 Å². The summed E-state index contributed by atoms with van der Waals surface area (Å²) in [7, 11) is 0. The molecule has 0 amide bonds. The summed E-state index contributed by atoms with van der Waals surface area (Å²) < 4.78 is 0. The monoisotopic (exact) mass is 191 g/mol. The molecule has 0 heterocycles. The van der Waals surface area contributed by atoms with Gasteiger partial charge in [-0.2, -0.15) is 0 Å². The number of nitrogens with two attached hydrogens (primary N) is 1. The summed E-state index contributed by atoms with van der Waals surface area (Å²) in [5.74, 6) is 0.502. The third-order valence-corrected chi connectivity index (χ3v) is 2.88. The van der Waals surface area contributed by atoms with Gasteiger partial charge in [0, 0.05) is 6.04 Å². The van der Waals surface area contributed by atoms with Crippen LogP contribution in [-0.4, -0.2) is 0 Å². The molecule has 0 bridgehead atoms. The highest BCUT2D eigenvalue weighted by Gasteiger charge is 2.14. The zero-order chi connectivity index (χ0) is 10.7. The molecule has 0 fully saturated rings. The highest BCUT2D eigenvalue weighted by molar-refractivity contribution is 5.36. The predicted molar refractivity (Wildman–Crippen MR) is 62.3 cm³/mol. The Labute approximate surface area is 87.3 Å². The van der Waals surface area contributed by atoms with E-state index >= 15 is 0 Å². The van der Waals surface area contributed by atoms with Gasteiger partial charge in [0.25, 0.3) is 0 Å². The van der Waals surface area contributed by atoms with E-state index in [0.29, 0.717) is 5.92 Å². The van der Waals surface area contributed by atoms with Crippen LogP contribution < -0.4 is 5.73 Å². The lowest BCUT2D eigenvalue weighted by Crippen LogP contribution is -2.18. The van der Waals surface area contributed by atoms with E-state index in [0.717, 1.165) is 6.42 Å². The van der Waals surface area contributed by atoms with Gasteiger partial charge < -0.3 is 5.73 Å². The SMILES string of the molecule is CCc1c(C)cccc1[C@@H](N)C(C)C. The second-order valence-electron chi connectivity index (χ2n) is 4.27. The van der Waals surface area contributed by atoms with E-state index < -0.39 is 0 Å². The topological polar surface area (TPSA) is 26.0 Å². The Bertz CT molecular complexity index is 302. The van der Waals surface area contributed by atoms with Gasteiger partial charge in [-0.05, 0) is 36.0 Å². The molecule has 0 aliphatic rings. The summed E-state index contributed by atoms with van der Waals surface area (Å²) >= 11 is 0. The summed E-state index contributed by atoms with van der Waals surface area (Å²) in [5, 5.41) is 0. The zero-order valence-electron chi connectivity index (χ0n) is 9.67. The van der Waals surface area contributed by atoms with Gasteiger partial charge in [0.05, 0.1) is 0 Å². The maximum Gasteiger partial charge on any atom is 0.0321 e. The lowest BCUT2D eigenvalue weighted by molar-refractivity contribution is 0.510. The molecular weight excluding hydrogens is 170 g/mol. The van der Waals surface area contributed by atoms with Crippen LogP contribution in [0.4, 0.5) is 0 Å². The average molecular weight is 191 g/mol. The summed E-state index contributed by atoms with van der Waals surface area (Å²) in [6.45, 7) is 8.70. The van der Waals surface area contributed by atoms with Gasteiger partial charge in [-0.1, -0.05) is 39.0 Å². The van der Waals surface area contributed by atoms with Crippen molar-refractivity contribution in [2.45, 2.75) is 40.2 Å². The summed E-state index contributed by atoms with van der Waals surface area (Å²) in [4.78, 5) is 0. The molecule has 14 heavy (non-hydrogen) atoms. The van der Waals surface area contributed by atoms with Crippen molar-refractivity contribution in [2.24, 2.45) is 11.7 Å². The largest absolute Gasteiger partial charge is 0.324 e. The lowest BCUT2D eigenvalue weighted by Gasteiger charge is -2.20. The van der Waals surface area contributed by atoms with Crippen LogP contribution in [0.5, 0.6) is 0 Å². The maximum atomic E-state index is 6.18. The average Bonchev–Trinajstić information content (AvgIpc) is 2.16. The molecule has 0 saturated carbocycles. The van der Waals surface area contributed by atoms with Gasteiger partial charge in [0.1, 0.15) is 0 Å². The molecule has 1 rings (SSSR count). The Morgan fingerprint density at radius 1 is 1.29 bits per heavy atom. The van der Waals surface area contributed by atoms with Gasteiger partial charge in [-0.25, -0.2) is 0 Å². The molecule has 0 spiro atoms. The Hall–Kier alpha value is -0.820. The zero-order valence-corrected chi connectivity index (χ0v) is 9.67. The van der Waals surface area contributed by atoms with E-state index in [9.17, 15) is 0 Å². The number of benzene rings is 1. The molecule has 78 valence electrons. The third-order valence-electron chi connectivity index (χ3n) is 2.88. The van der Waals surface area contributed by atoms with Gasteiger partial charge in [-0.15, -0.1) is 0 Å².